The van der Waals surface area contributed by atoms with E-state index in [-0.39, 0.29) is 5.92 Å². The molecule has 1 aliphatic heterocycles. The molecular weight excluding hydrogens is 238 g/mol. The van der Waals surface area contributed by atoms with Gasteiger partial charge in [0, 0.05) is 12.3 Å². The van der Waals surface area contributed by atoms with Crippen molar-refractivity contribution in [3.05, 3.63) is 29.3 Å². The van der Waals surface area contributed by atoms with Crippen molar-refractivity contribution in [1.82, 2.24) is 5.32 Å². The van der Waals surface area contributed by atoms with Crippen LogP contribution < -0.4 is 10.1 Å². The van der Waals surface area contributed by atoms with Crippen molar-refractivity contribution < 1.29 is 9.53 Å². The molecule has 0 atom stereocenters. The Bertz CT molecular complexity index is 436. The van der Waals surface area contributed by atoms with Gasteiger partial charge < -0.3 is 10.1 Å². The first-order chi connectivity index (χ1) is 9.16. The summed E-state index contributed by atoms with van der Waals surface area (Å²) in [4.78, 5) is 12.0. The minimum atomic E-state index is 0.240. The summed E-state index contributed by atoms with van der Waals surface area (Å²) in [6.45, 7) is 6.58. The van der Waals surface area contributed by atoms with Gasteiger partial charge in [-0.25, -0.2) is 0 Å². The van der Waals surface area contributed by atoms with Crippen molar-refractivity contribution in [2.75, 3.05) is 19.7 Å². The van der Waals surface area contributed by atoms with E-state index in [4.69, 9.17) is 4.74 Å². The van der Waals surface area contributed by atoms with E-state index in [2.05, 4.69) is 25.2 Å². The maximum Gasteiger partial charge on any atom is 0.139 e. The van der Waals surface area contributed by atoms with Crippen LogP contribution in [-0.2, 0) is 4.79 Å². The van der Waals surface area contributed by atoms with Crippen LogP contribution in [0.25, 0.3) is 0 Å². The highest BCUT2D eigenvalue weighted by atomic mass is 16.5. The SMILES string of the molecule is Cc1ccc(OCCC(=O)C2CCNCC2)cc1C. The number of carbonyl (C=O) groups excluding carboxylic acids is 1. The number of aryl methyl sites for hydroxylation is 2. The maximum absolute atomic E-state index is 12.0. The highest BCUT2D eigenvalue weighted by Gasteiger charge is 2.20. The molecule has 0 aromatic heterocycles. The van der Waals surface area contributed by atoms with E-state index in [9.17, 15) is 4.79 Å². The molecule has 104 valence electrons. The second-order valence-electron chi connectivity index (χ2n) is 5.34. The standard InChI is InChI=1S/C16H23NO2/c1-12-3-4-15(11-13(12)2)19-10-7-16(18)14-5-8-17-9-6-14/h3-4,11,14,17H,5-10H2,1-2H3. The van der Waals surface area contributed by atoms with E-state index in [1.807, 2.05) is 12.1 Å². The Morgan fingerprint density at radius 3 is 2.68 bits per heavy atom. The summed E-state index contributed by atoms with van der Waals surface area (Å²) in [5, 5.41) is 3.28. The molecule has 1 N–H and O–H groups in total. The first kappa shape index (κ1) is 14.1. The Balaban J connectivity index is 1.76. The van der Waals surface area contributed by atoms with E-state index >= 15 is 0 Å². The number of benzene rings is 1. The van der Waals surface area contributed by atoms with E-state index in [0.717, 1.165) is 31.7 Å². The second-order valence-corrected chi connectivity index (χ2v) is 5.34. The van der Waals surface area contributed by atoms with Crippen molar-refractivity contribution in [3.63, 3.8) is 0 Å². The molecule has 0 aliphatic carbocycles. The monoisotopic (exact) mass is 261 g/mol. The average Bonchev–Trinajstić information content (AvgIpc) is 2.43. The predicted octanol–water partition coefficient (Wildman–Crippen LogP) is 2.64. The predicted molar refractivity (Wildman–Crippen MR) is 76.6 cm³/mol. The summed E-state index contributed by atoms with van der Waals surface area (Å²) in [7, 11) is 0. The maximum atomic E-state index is 12.0. The molecule has 3 heteroatoms. The summed E-state index contributed by atoms with van der Waals surface area (Å²) in [6, 6.07) is 6.06. The molecule has 2 rings (SSSR count). The number of hydrogen-bond donors (Lipinski definition) is 1. The van der Waals surface area contributed by atoms with Crippen LogP contribution in [0.3, 0.4) is 0 Å². The van der Waals surface area contributed by atoms with Crippen LogP contribution in [0.1, 0.15) is 30.4 Å². The summed E-state index contributed by atoms with van der Waals surface area (Å²) >= 11 is 0. The van der Waals surface area contributed by atoms with Crippen LogP contribution in [0.15, 0.2) is 18.2 Å². The van der Waals surface area contributed by atoms with Crippen LogP contribution in [0, 0.1) is 19.8 Å². The van der Waals surface area contributed by atoms with Crippen molar-refractivity contribution >= 4 is 5.78 Å². The van der Waals surface area contributed by atoms with Crippen LogP contribution in [0.2, 0.25) is 0 Å². The van der Waals surface area contributed by atoms with Crippen molar-refractivity contribution in [1.29, 1.82) is 0 Å². The lowest BCUT2D eigenvalue weighted by atomic mass is 9.92. The number of nitrogens with one attached hydrogen (secondary N) is 1. The highest BCUT2D eigenvalue weighted by Crippen LogP contribution is 2.18. The number of ether oxygens (including phenoxy) is 1. The zero-order valence-electron chi connectivity index (χ0n) is 11.9. The third-order valence-electron chi connectivity index (χ3n) is 3.89. The summed E-state index contributed by atoms with van der Waals surface area (Å²) in [5.41, 5.74) is 2.49. The van der Waals surface area contributed by atoms with Gasteiger partial charge in [-0.3, -0.25) is 4.79 Å². The fourth-order valence-electron chi connectivity index (χ4n) is 2.42. The first-order valence-electron chi connectivity index (χ1n) is 7.10. The van der Waals surface area contributed by atoms with Crippen molar-refractivity contribution in [2.45, 2.75) is 33.1 Å². The first-order valence-corrected chi connectivity index (χ1v) is 7.10. The molecule has 1 heterocycles. The Labute approximate surface area is 115 Å². The normalized spacial score (nSPS) is 16.3. The van der Waals surface area contributed by atoms with Gasteiger partial charge in [0.15, 0.2) is 0 Å². The van der Waals surface area contributed by atoms with Gasteiger partial charge in [-0.1, -0.05) is 6.07 Å². The second kappa shape index (κ2) is 6.71. The van der Waals surface area contributed by atoms with Gasteiger partial charge in [-0.05, 0) is 63.0 Å². The van der Waals surface area contributed by atoms with E-state index in [0.29, 0.717) is 18.8 Å². The third-order valence-corrected chi connectivity index (χ3v) is 3.89. The van der Waals surface area contributed by atoms with Crippen molar-refractivity contribution in [3.8, 4) is 5.75 Å². The minimum Gasteiger partial charge on any atom is -0.493 e. The van der Waals surface area contributed by atoms with Crippen LogP contribution in [0.4, 0.5) is 0 Å². The molecule has 0 radical (unpaired) electrons. The van der Waals surface area contributed by atoms with Crippen LogP contribution in [0.5, 0.6) is 5.75 Å². The van der Waals surface area contributed by atoms with E-state index in [1.165, 1.54) is 11.1 Å². The lowest BCUT2D eigenvalue weighted by Crippen LogP contribution is -2.32. The average molecular weight is 261 g/mol. The zero-order valence-corrected chi connectivity index (χ0v) is 11.9. The molecule has 3 nitrogen and oxygen atoms in total. The lowest BCUT2D eigenvalue weighted by molar-refractivity contribution is -0.124. The number of hydrogen-bond acceptors (Lipinski definition) is 3. The van der Waals surface area contributed by atoms with Crippen LogP contribution >= 0.6 is 0 Å². The highest BCUT2D eigenvalue weighted by molar-refractivity contribution is 5.81. The summed E-state index contributed by atoms with van der Waals surface area (Å²) < 4.78 is 5.67. The van der Waals surface area contributed by atoms with Gasteiger partial charge >= 0.3 is 0 Å². The number of rotatable bonds is 5. The Morgan fingerprint density at radius 1 is 1.26 bits per heavy atom. The lowest BCUT2D eigenvalue weighted by Gasteiger charge is -2.21. The van der Waals surface area contributed by atoms with Gasteiger partial charge in [0.25, 0.3) is 0 Å². The molecule has 1 aromatic carbocycles. The van der Waals surface area contributed by atoms with Gasteiger partial charge in [0.1, 0.15) is 11.5 Å². The third kappa shape index (κ3) is 4.06. The molecular formula is C16H23NO2. The van der Waals surface area contributed by atoms with Gasteiger partial charge in [-0.2, -0.15) is 0 Å². The van der Waals surface area contributed by atoms with E-state index in [1.54, 1.807) is 0 Å². The fraction of sp³-hybridized carbons (Fsp3) is 0.562. The molecule has 1 aromatic rings. The molecule has 0 bridgehead atoms. The molecule has 0 unspecified atom stereocenters. The number of Topliss-reactive ketones (excluding diaryl/α,β-unsaturated/α-hetero) is 1. The van der Waals surface area contributed by atoms with Crippen LogP contribution in [-0.4, -0.2) is 25.5 Å². The Morgan fingerprint density at radius 2 is 2.00 bits per heavy atom. The topological polar surface area (TPSA) is 38.3 Å². The number of piperidine rings is 1. The molecule has 1 fully saturated rings. The van der Waals surface area contributed by atoms with E-state index < -0.39 is 0 Å². The van der Waals surface area contributed by atoms with Gasteiger partial charge in [0.05, 0.1) is 6.61 Å². The fourth-order valence-corrected chi connectivity index (χ4v) is 2.42. The van der Waals surface area contributed by atoms with Gasteiger partial charge in [0.2, 0.25) is 0 Å². The molecule has 0 spiro atoms. The van der Waals surface area contributed by atoms with Gasteiger partial charge in [-0.15, -0.1) is 0 Å². The quantitative estimate of drug-likeness (QED) is 0.885. The largest absolute Gasteiger partial charge is 0.493 e. The Hall–Kier alpha value is -1.35. The smallest absolute Gasteiger partial charge is 0.139 e. The molecule has 0 saturated carbocycles. The summed E-state index contributed by atoms with van der Waals surface area (Å²) in [6.07, 6.45) is 2.47. The molecule has 1 aliphatic rings. The molecule has 1 saturated heterocycles. The number of carbonyl (C=O) groups is 1. The number of ketones is 1. The Kier molecular flexibility index (Phi) is 4.97. The minimum absolute atomic E-state index is 0.240. The summed E-state index contributed by atoms with van der Waals surface area (Å²) in [5.74, 6) is 1.45. The molecule has 0 amide bonds. The zero-order chi connectivity index (χ0) is 13.7. The van der Waals surface area contributed by atoms with Crippen molar-refractivity contribution in [2.24, 2.45) is 5.92 Å². The molecule has 19 heavy (non-hydrogen) atoms.